The van der Waals surface area contributed by atoms with Crippen molar-refractivity contribution in [2.75, 3.05) is 0 Å². The van der Waals surface area contributed by atoms with E-state index >= 15 is 0 Å². The van der Waals surface area contributed by atoms with E-state index in [4.69, 9.17) is 0 Å². The molecule has 1 fully saturated rings. The summed E-state index contributed by atoms with van der Waals surface area (Å²) in [5, 5.41) is 3.27. The SMILES string of the molecule is Cc1cc(C)cc(-c2ccc(-n3cncc3C(=O)N[C@@H]3C[C@@H](C)CC(C)(C)C3)cc2)c1. The number of aromatic nitrogens is 2. The Hall–Kier alpha value is -2.88. The van der Waals surface area contributed by atoms with Crippen molar-refractivity contribution in [2.45, 2.75) is 59.9 Å². The lowest BCUT2D eigenvalue weighted by Crippen LogP contribution is -2.43. The molecule has 1 aliphatic rings. The highest BCUT2D eigenvalue weighted by Gasteiger charge is 2.33. The highest BCUT2D eigenvalue weighted by molar-refractivity contribution is 5.93. The Labute approximate surface area is 185 Å². The molecule has 31 heavy (non-hydrogen) atoms. The zero-order chi connectivity index (χ0) is 22.2. The van der Waals surface area contributed by atoms with E-state index in [2.05, 4.69) is 87.4 Å². The van der Waals surface area contributed by atoms with Gasteiger partial charge in [0, 0.05) is 11.7 Å². The fraction of sp³-hybridized carbons (Fsp3) is 0.407. The van der Waals surface area contributed by atoms with Crippen LogP contribution in [-0.4, -0.2) is 21.5 Å². The van der Waals surface area contributed by atoms with Gasteiger partial charge in [-0.3, -0.25) is 9.36 Å². The number of hydrogen-bond acceptors (Lipinski definition) is 2. The van der Waals surface area contributed by atoms with Gasteiger partial charge in [0.15, 0.2) is 0 Å². The van der Waals surface area contributed by atoms with Gasteiger partial charge in [-0.25, -0.2) is 4.98 Å². The molecule has 1 aromatic heterocycles. The molecule has 0 bridgehead atoms. The molecule has 0 radical (unpaired) electrons. The van der Waals surface area contributed by atoms with Gasteiger partial charge < -0.3 is 5.32 Å². The molecule has 0 spiro atoms. The third-order valence-electron chi connectivity index (χ3n) is 6.29. The second kappa shape index (κ2) is 8.33. The lowest BCUT2D eigenvalue weighted by atomic mass is 9.70. The minimum atomic E-state index is -0.0502. The Kier molecular flexibility index (Phi) is 5.74. The van der Waals surface area contributed by atoms with Crippen LogP contribution in [0.15, 0.2) is 55.0 Å². The van der Waals surface area contributed by atoms with Crippen molar-refractivity contribution in [3.05, 3.63) is 71.8 Å². The molecule has 4 heteroatoms. The molecule has 1 amide bonds. The van der Waals surface area contributed by atoms with Gasteiger partial charge in [-0.1, -0.05) is 62.2 Å². The Morgan fingerprint density at radius 3 is 2.35 bits per heavy atom. The van der Waals surface area contributed by atoms with E-state index < -0.39 is 0 Å². The minimum Gasteiger partial charge on any atom is -0.348 e. The molecule has 2 atom stereocenters. The van der Waals surface area contributed by atoms with Crippen molar-refractivity contribution in [1.29, 1.82) is 0 Å². The molecule has 0 aliphatic heterocycles. The first kappa shape index (κ1) is 21.4. The molecule has 3 aromatic rings. The van der Waals surface area contributed by atoms with E-state index in [1.807, 2.05) is 4.57 Å². The number of nitrogens with one attached hydrogen (secondary N) is 1. The molecule has 162 valence electrons. The van der Waals surface area contributed by atoms with E-state index in [9.17, 15) is 4.79 Å². The highest BCUT2D eigenvalue weighted by Crippen LogP contribution is 2.38. The monoisotopic (exact) mass is 415 g/mol. The zero-order valence-corrected chi connectivity index (χ0v) is 19.3. The summed E-state index contributed by atoms with van der Waals surface area (Å²) in [7, 11) is 0. The molecule has 4 nitrogen and oxygen atoms in total. The normalized spacial score (nSPS) is 20.4. The molecule has 4 rings (SSSR count). The Bertz CT molecular complexity index is 1060. The quantitative estimate of drug-likeness (QED) is 0.559. The van der Waals surface area contributed by atoms with Gasteiger partial charge in [0.25, 0.3) is 5.91 Å². The van der Waals surface area contributed by atoms with E-state index in [0.29, 0.717) is 11.6 Å². The second-order valence-electron chi connectivity index (χ2n) is 10.2. The third kappa shape index (κ3) is 4.90. The van der Waals surface area contributed by atoms with Crippen LogP contribution < -0.4 is 5.32 Å². The lowest BCUT2D eigenvalue weighted by Gasteiger charge is -2.39. The van der Waals surface area contributed by atoms with Gasteiger partial charge in [-0.15, -0.1) is 0 Å². The van der Waals surface area contributed by atoms with Crippen molar-refractivity contribution < 1.29 is 4.79 Å². The molecule has 1 N–H and O–H groups in total. The summed E-state index contributed by atoms with van der Waals surface area (Å²) in [6.07, 6.45) is 6.64. The molecular weight excluding hydrogens is 382 g/mol. The summed E-state index contributed by atoms with van der Waals surface area (Å²) in [4.78, 5) is 17.3. The smallest absolute Gasteiger partial charge is 0.270 e. The number of nitrogens with zero attached hydrogens (tertiary/aromatic N) is 2. The molecule has 1 aliphatic carbocycles. The van der Waals surface area contributed by atoms with Crippen LogP contribution in [0.5, 0.6) is 0 Å². The van der Waals surface area contributed by atoms with Crippen LogP contribution in [-0.2, 0) is 0 Å². The number of hydrogen-bond donors (Lipinski definition) is 1. The van der Waals surface area contributed by atoms with Crippen molar-refractivity contribution in [3.63, 3.8) is 0 Å². The van der Waals surface area contributed by atoms with Gasteiger partial charge in [0.1, 0.15) is 5.69 Å². The van der Waals surface area contributed by atoms with Gasteiger partial charge in [0.05, 0.1) is 12.5 Å². The van der Waals surface area contributed by atoms with Crippen molar-refractivity contribution in [3.8, 4) is 16.8 Å². The number of amides is 1. The molecule has 0 unspecified atom stereocenters. The number of rotatable bonds is 4. The van der Waals surface area contributed by atoms with Crippen molar-refractivity contribution in [2.24, 2.45) is 11.3 Å². The average Bonchev–Trinajstić information content (AvgIpc) is 3.15. The third-order valence-corrected chi connectivity index (χ3v) is 6.29. The zero-order valence-electron chi connectivity index (χ0n) is 19.3. The summed E-state index contributed by atoms with van der Waals surface area (Å²) < 4.78 is 1.87. The summed E-state index contributed by atoms with van der Waals surface area (Å²) >= 11 is 0. The van der Waals surface area contributed by atoms with Gasteiger partial charge in [-0.2, -0.15) is 0 Å². The highest BCUT2D eigenvalue weighted by atomic mass is 16.2. The maximum absolute atomic E-state index is 13.1. The van der Waals surface area contributed by atoms with E-state index in [1.54, 1.807) is 12.5 Å². The van der Waals surface area contributed by atoms with Gasteiger partial charge >= 0.3 is 0 Å². The predicted octanol–water partition coefficient (Wildman–Crippen LogP) is 6.10. The predicted molar refractivity (Wildman–Crippen MR) is 127 cm³/mol. The maximum Gasteiger partial charge on any atom is 0.270 e. The molecular formula is C27H33N3O. The first-order valence-corrected chi connectivity index (χ1v) is 11.2. The van der Waals surface area contributed by atoms with Crippen LogP contribution in [0.25, 0.3) is 16.8 Å². The van der Waals surface area contributed by atoms with Crippen LogP contribution in [0.4, 0.5) is 0 Å². The Balaban J connectivity index is 1.53. The summed E-state index contributed by atoms with van der Waals surface area (Å²) in [5.41, 5.74) is 6.67. The molecule has 1 saturated carbocycles. The van der Waals surface area contributed by atoms with Crippen LogP contribution in [0, 0.1) is 25.2 Å². The van der Waals surface area contributed by atoms with Crippen molar-refractivity contribution >= 4 is 5.91 Å². The number of aryl methyl sites for hydroxylation is 2. The number of carbonyl (C=O) groups is 1. The number of imidazole rings is 1. The lowest BCUT2D eigenvalue weighted by molar-refractivity contribution is 0.0867. The van der Waals surface area contributed by atoms with Crippen molar-refractivity contribution in [1.82, 2.24) is 14.9 Å². The average molecular weight is 416 g/mol. The van der Waals surface area contributed by atoms with Crippen LogP contribution in [0.3, 0.4) is 0 Å². The van der Waals surface area contributed by atoms with E-state index in [-0.39, 0.29) is 17.4 Å². The van der Waals surface area contributed by atoms with Crippen LogP contribution in [0.2, 0.25) is 0 Å². The van der Waals surface area contributed by atoms with Crippen LogP contribution in [0.1, 0.15) is 61.6 Å². The summed E-state index contributed by atoms with van der Waals surface area (Å²) in [6, 6.07) is 15.1. The molecule has 0 saturated heterocycles. The fourth-order valence-corrected chi connectivity index (χ4v) is 5.34. The van der Waals surface area contributed by atoms with E-state index in [1.165, 1.54) is 28.7 Å². The largest absolute Gasteiger partial charge is 0.348 e. The maximum atomic E-state index is 13.1. The molecule has 2 aromatic carbocycles. The standard InChI is InChI=1S/C27H33N3O/c1-18-10-19(2)12-22(11-18)21-6-8-24(9-7-21)30-17-28-16-25(30)26(31)29-23-13-20(3)14-27(4,5)15-23/h6-12,16-17,20,23H,13-15H2,1-5H3,(H,29,31)/t20-,23-/m1/s1. The number of carbonyl (C=O) groups excluding carboxylic acids is 1. The first-order valence-electron chi connectivity index (χ1n) is 11.2. The first-order chi connectivity index (χ1) is 14.7. The van der Waals surface area contributed by atoms with E-state index in [0.717, 1.165) is 18.5 Å². The Morgan fingerprint density at radius 1 is 1.03 bits per heavy atom. The summed E-state index contributed by atoms with van der Waals surface area (Å²) in [5.74, 6) is 0.572. The summed E-state index contributed by atoms with van der Waals surface area (Å²) in [6.45, 7) is 11.1. The van der Waals surface area contributed by atoms with Crippen LogP contribution >= 0.6 is 0 Å². The van der Waals surface area contributed by atoms with Gasteiger partial charge in [-0.05, 0) is 67.7 Å². The minimum absolute atomic E-state index is 0.0502. The topological polar surface area (TPSA) is 46.9 Å². The molecule has 1 heterocycles. The second-order valence-corrected chi connectivity index (χ2v) is 10.2. The Morgan fingerprint density at radius 2 is 1.71 bits per heavy atom. The van der Waals surface area contributed by atoms with Gasteiger partial charge in [0.2, 0.25) is 0 Å². The fourth-order valence-electron chi connectivity index (χ4n) is 5.34. The number of benzene rings is 2.